The molecule has 0 saturated heterocycles. The lowest BCUT2D eigenvalue weighted by atomic mass is 10.2. The Morgan fingerprint density at radius 3 is 2.81 bits per heavy atom. The number of rotatable bonds is 8. The van der Waals surface area contributed by atoms with Crippen molar-refractivity contribution in [2.75, 3.05) is 13.7 Å². The zero-order valence-corrected chi connectivity index (χ0v) is 12.7. The second kappa shape index (κ2) is 7.64. The Morgan fingerprint density at radius 2 is 2.14 bits per heavy atom. The van der Waals surface area contributed by atoms with Gasteiger partial charge in [0.05, 0.1) is 7.11 Å². The van der Waals surface area contributed by atoms with Crippen LogP contribution < -0.4 is 14.8 Å². The molecule has 0 aliphatic carbocycles. The van der Waals surface area contributed by atoms with E-state index in [1.807, 2.05) is 25.1 Å². The van der Waals surface area contributed by atoms with Crippen molar-refractivity contribution in [3.63, 3.8) is 0 Å². The first-order valence-corrected chi connectivity index (χ1v) is 7.08. The van der Waals surface area contributed by atoms with Crippen LogP contribution in [-0.2, 0) is 19.6 Å². The Kier molecular flexibility index (Phi) is 5.57. The third kappa shape index (κ3) is 4.19. The van der Waals surface area contributed by atoms with E-state index >= 15 is 0 Å². The SMILES string of the molecule is CCNCc1ccc(OC)cc1OCc1noc(CC)n1. The number of hydrogen-bond donors (Lipinski definition) is 1. The van der Waals surface area contributed by atoms with Crippen LogP contribution in [0.2, 0.25) is 0 Å². The minimum absolute atomic E-state index is 0.274. The predicted molar refractivity (Wildman–Crippen MR) is 78.4 cm³/mol. The van der Waals surface area contributed by atoms with Crippen molar-refractivity contribution in [1.29, 1.82) is 0 Å². The van der Waals surface area contributed by atoms with Crippen molar-refractivity contribution in [2.24, 2.45) is 0 Å². The van der Waals surface area contributed by atoms with Crippen molar-refractivity contribution in [2.45, 2.75) is 33.4 Å². The van der Waals surface area contributed by atoms with Gasteiger partial charge >= 0.3 is 0 Å². The van der Waals surface area contributed by atoms with Crippen LogP contribution in [0.25, 0.3) is 0 Å². The van der Waals surface area contributed by atoms with E-state index in [1.165, 1.54) is 0 Å². The Labute approximate surface area is 124 Å². The molecule has 0 bridgehead atoms. The average molecular weight is 291 g/mol. The van der Waals surface area contributed by atoms with Gasteiger partial charge in [-0.25, -0.2) is 0 Å². The Bertz CT molecular complexity index is 569. The van der Waals surface area contributed by atoms with Crippen LogP contribution >= 0.6 is 0 Å². The number of methoxy groups -OCH3 is 1. The molecule has 6 heteroatoms. The molecular formula is C15H21N3O3. The molecule has 0 saturated carbocycles. The first-order chi connectivity index (χ1) is 10.3. The van der Waals surface area contributed by atoms with Crippen LogP contribution in [0.5, 0.6) is 11.5 Å². The molecule has 0 spiro atoms. The van der Waals surface area contributed by atoms with E-state index in [9.17, 15) is 0 Å². The fraction of sp³-hybridized carbons (Fsp3) is 0.467. The Hall–Kier alpha value is -2.08. The van der Waals surface area contributed by atoms with Gasteiger partial charge < -0.3 is 19.3 Å². The van der Waals surface area contributed by atoms with Gasteiger partial charge in [0, 0.05) is 24.6 Å². The Balaban J connectivity index is 2.08. The minimum atomic E-state index is 0.274. The van der Waals surface area contributed by atoms with E-state index in [4.69, 9.17) is 14.0 Å². The minimum Gasteiger partial charge on any atom is -0.497 e. The zero-order valence-electron chi connectivity index (χ0n) is 12.7. The third-order valence-electron chi connectivity index (χ3n) is 3.01. The molecule has 2 rings (SSSR count). The van der Waals surface area contributed by atoms with Crippen molar-refractivity contribution in [3.8, 4) is 11.5 Å². The lowest BCUT2D eigenvalue weighted by Gasteiger charge is -2.12. The maximum absolute atomic E-state index is 5.82. The molecule has 6 nitrogen and oxygen atoms in total. The fourth-order valence-electron chi connectivity index (χ4n) is 1.84. The van der Waals surface area contributed by atoms with Crippen molar-refractivity contribution < 1.29 is 14.0 Å². The third-order valence-corrected chi connectivity index (χ3v) is 3.01. The second-order valence-corrected chi connectivity index (χ2v) is 4.50. The quantitative estimate of drug-likeness (QED) is 0.805. The molecule has 2 aromatic rings. The maximum Gasteiger partial charge on any atom is 0.226 e. The molecule has 0 atom stereocenters. The molecule has 0 radical (unpaired) electrons. The average Bonchev–Trinajstić information content (AvgIpc) is 2.99. The normalized spacial score (nSPS) is 10.6. The van der Waals surface area contributed by atoms with E-state index in [1.54, 1.807) is 7.11 Å². The highest BCUT2D eigenvalue weighted by Gasteiger charge is 2.09. The van der Waals surface area contributed by atoms with Gasteiger partial charge in [0.15, 0.2) is 6.61 Å². The highest BCUT2D eigenvalue weighted by Crippen LogP contribution is 2.25. The molecule has 1 N–H and O–H groups in total. The first kappa shape index (κ1) is 15.3. The molecule has 0 aliphatic heterocycles. The summed E-state index contributed by atoms with van der Waals surface area (Å²) in [6.45, 7) is 5.94. The molecule has 1 aromatic carbocycles. The molecule has 0 aliphatic rings. The molecule has 1 heterocycles. The standard InChI is InChI=1S/C15H21N3O3/c1-4-15-17-14(18-21-15)10-20-13-8-12(19-3)7-6-11(13)9-16-5-2/h6-8,16H,4-5,9-10H2,1-3H3. The maximum atomic E-state index is 5.82. The van der Waals surface area contributed by atoms with Crippen LogP contribution in [0.15, 0.2) is 22.7 Å². The number of benzene rings is 1. The number of aromatic nitrogens is 2. The smallest absolute Gasteiger partial charge is 0.226 e. The van der Waals surface area contributed by atoms with E-state index in [-0.39, 0.29) is 6.61 Å². The van der Waals surface area contributed by atoms with Gasteiger partial charge in [-0.1, -0.05) is 25.1 Å². The summed E-state index contributed by atoms with van der Waals surface area (Å²) in [4.78, 5) is 4.23. The van der Waals surface area contributed by atoms with Crippen molar-refractivity contribution >= 4 is 0 Å². The number of ether oxygens (including phenoxy) is 2. The molecule has 114 valence electrons. The largest absolute Gasteiger partial charge is 0.497 e. The highest BCUT2D eigenvalue weighted by atomic mass is 16.5. The summed E-state index contributed by atoms with van der Waals surface area (Å²) in [6, 6.07) is 5.78. The number of aryl methyl sites for hydroxylation is 1. The predicted octanol–water partition coefficient (Wildman–Crippen LogP) is 2.33. The van der Waals surface area contributed by atoms with E-state index < -0.39 is 0 Å². The monoisotopic (exact) mass is 291 g/mol. The van der Waals surface area contributed by atoms with Crippen LogP contribution in [0.1, 0.15) is 31.1 Å². The fourth-order valence-corrected chi connectivity index (χ4v) is 1.84. The van der Waals surface area contributed by atoms with Crippen LogP contribution in [0.4, 0.5) is 0 Å². The summed E-state index contributed by atoms with van der Waals surface area (Å²) in [6.07, 6.45) is 0.720. The summed E-state index contributed by atoms with van der Waals surface area (Å²) in [5.74, 6) is 2.68. The summed E-state index contributed by atoms with van der Waals surface area (Å²) in [7, 11) is 1.63. The molecule has 21 heavy (non-hydrogen) atoms. The van der Waals surface area contributed by atoms with Crippen LogP contribution in [-0.4, -0.2) is 23.8 Å². The van der Waals surface area contributed by atoms with Gasteiger partial charge in [-0.2, -0.15) is 4.98 Å². The summed E-state index contributed by atoms with van der Waals surface area (Å²) in [5.41, 5.74) is 1.07. The summed E-state index contributed by atoms with van der Waals surface area (Å²) < 4.78 is 16.1. The Morgan fingerprint density at radius 1 is 1.29 bits per heavy atom. The summed E-state index contributed by atoms with van der Waals surface area (Å²) >= 11 is 0. The first-order valence-electron chi connectivity index (χ1n) is 7.08. The lowest BCUT2D eigenvalue weighted by molar-refractivity contribution is 0.280. The van der Waals surface area contributed by atoms with E-state index in [2.05, 4.69) is 22.4 Å². The second-order valence-electron chi connectivity index (χ2n) is 4.50. The van der Waals surface area contributed by atoms with Gasteiger partial charge in [-0.15, -0.1) is 0 Å². The molecular weight excluding hydrogens is 270 g/mol. The molecule has 0 fully saturated rings. The van der Waals surface area contributed by atoms with E-state index in [0.29, 0.717) is 11.7 Å². The van der Waals surface area contributed by atoms with Gasteiger partial charge in [0.2, 0.25) is 11.7 Å². The van der Waals surface area contributed by atoms with E-state index in [0.717, 1.165) is 36.6 Å². The zero-order chi connectivity index (χ0) is 15.1. The van der Waals surface area contributed by atoms with Gasteiger partial charge in [0.1, 0.15) is 11.5 Å². The lowest BCUT2D eigenvalue weighted by Crippen LogP contribution is -2.13. The van der Waals surface area contributed by atoms with Gasteiger partial charge in [-0.05, 0) is 12.6 Å². The molecule has 1 aromatic heterocycles. The van der Waals surface area contributed by atoms with Crippen molar-refractivity contribution in [1.82, 2.24) is 15.5 Å². The number of nitrogens with one attached hydrogen (secondary N) is 1. The number of nitrogens with zero attached hydrogens (tertiary/aromatic N) is 2. The summed E-state index contributed by atoms with van der Waals surface area (Å²) in [5, 5.41) is 7.16. The molecule has 0 unspecified atom stereocenters. The van der Waals surface area contributed by atoms with Crippen molar-refractivity contribution in [3.05, 3.63) is 35.5 Å². The van der Waals surface area contributed by atoms with Crippen LogP contribution in [0.3, 0.4) is 0 Å². The topological polar surface area (TPSA) is 69.4 Å². The van der Waals surface area contributed by atoms with Gasteiger partial charge in [-0.3, -0.25) is 0 Å². The van der Waals surface area contributed by atoms with Crippen LogP contribution in [0, 0.1) is 0 Å². The highest BCUT2D eigenvalue weighted by molar-refractivity contribution is 5.40. The van der Waals surface area contributed by atoms with Gasteiger partial charge in [0.25, 0.3) is 0 Å². The molecule has 0 amide bonds. The number of hydrogen-bond acceptors (Lipinski definition) is 6.